The maximum Gasteiger partial charge on any atom is 0.416 e. The first kappa shape index (κ1) is 24.4. The van der Waals surface area contributed by atoms with E-state index >= 15 is 0 Å². The van der Waals surface area contributed by atoms with Crippen molar-refractivity contribution in [2.24, 2.45) is 0 Å². The van der Waals surface area contributed by atoms with E-state index in [-0.39, 0.29) is 34.2 Å². The van der Waals surface area contributed by atoms with Gasteiger partial charge in [0, 0.05) is 24.7 Å². The quantitative estimate of drug-likeness (QED) is 0.365. The number of halogens is 3. The molecule has 0 saturated carbocycles. The molecule has 1 saturated heterocycles. The third-order valence-electron chi connectivity index (χ3n) is 5.81. The maximum absolute atomic E-state index is 13.0. The molecule has 1 fully saturated rings. The second-order valence-electron chi connectivity index (χ2n) is 8.20. The van der Waals surface area contributed by atoms with E-state index in [4.69, 9.17) is 4.42 Å². The Hall–Kier alpha value is -3.73. The van der Waals surface area contributed by atoms with Gasteiger partial charge in [-0.25, -0.2) is 4.98 Å². The van der Waals surface area contributed by atoms with Crippen LogP contribution in [-0.2, 0) is 6.18 Å². The van der Waals surface area contributed by atoms with Gasteiger partial charge in [0.2, 0.25) is 5.89 Å². The molecule has 2 heterocycles. The van der Waals surface area contributed by atoms with Crippen LogP contribution in [0, 0.1) is 10.1 Å². The lowest BCUT2D eigenvalue weighted by Gasteiger charge is -2.26. The second-order valence-corrected chi connectivity index (χ2v) is 8.20. The number of oxazole rings is 1. The number of piperidine rings is 1. The summed E-state index contributed by atoms with van der Waals surface area (Å²) in [6, 6.07) is 9.85. The number of hydrogen-bond donors (Lipinski definition) is 1. The highest BCUT2D eigenvalue weighted by Crippen LogP contribution is 2.36. The van der Waals surface area contributed by atoms with Gasteiger partial charge in [-0.3, -0.25) is 14.9 Å². The molecular weight excluding hydrogens is 465 g/mol. The van der Waals surface area contributed by atoms with Crippen molar-refractivity contribution >= 4 is 11.6 Å². The Morgan fingerprint density at radius 2 is 1.77 bits per heavy atom. The van der Waals surface area contributed by atoms with E-state index in [2.05, 4.69) is 15.2 Å². The molecular formula is C24H23F3N4O4. The monoisotopic (exact) mass is 488 g/mol. The largest absolute Gasteiger partial charge is 0.435 e. The summed E-state index contributed by atoms with van der Waals surface area (Å²) in [4.78, 5) is 30.4. The van der Waals surface area contributed by atoms with Gasteiger partial charge in [-0.1, -0.05) is 18.6 Å². The van der Waals surface area contributed by atoms with Gasteiger partial charge in [0.25, 0.3) is 11.6 Å². The van der Waals surface area contributed by atoms with Gasteiger partial charge in [-0.2, -0.15) is 13.2 Å². The summed E-state index contributed by atoms with van der Waals surface area (Å²) >= 11 is 0. The number of aromatic nitrogens is 1. The van der Waals surface area contributed by atoms with Crippen LogP contribution in [0.4, 0.5) is 18.9 Å². The minimum absolute atomic E-state index is 0.0457. The Morgan fingerprint density at radius 3 is 2.43 bits per heavy atom. The topological polar surface area (TPSA) is 102 Å². The number of carbonyl (C=O) groups is 1. The minimum atomic E-state index is -4.51. The van der Waals surface area contributed by atoms with Crippen LogP contribution in [0.1, 0.15) is 35.3 Å². The minimum Gasteiger partial charge on any atom is -0.435 e. The molecule has 1 aliphatic heterocycles. The summed E-state index contributed by atoms with van der Waals surface area (Å²) in [5.74, 6) is -0.826. The summed E-state index contributed by atoms with van der Waals surface area (Å²) in [5, 5.41) is 14.3. The van der Waals surface area contributed by atoms with E-state index in [0.29, 0.717) is 13.1 Å². The van der Waals surface area contributed by atoms with Gasteiger partial charge in [-0.15, -0.1) is 0 Å². The Labute approximate surface area is 198 Å². The number of nitro benzene ring substituents is 1. The zero-order valence-electron chi connectivity index (χ0n) is 18.7. The van der Waals surface area contributed by atoms with Gasteiger partial charge >= 0.3 is 6.18 Å². The number of para-hydroxylation sites is 1. The first-order valence-corrected chi connectivity index (χ1v) is 11.2. The van der Waals surface area contributed by atoms with E-state index < -0.39 is 22.6 Å². The zero-order valence-corrected chi connectivity index (χ0v) is 18.7. The number of rotatable bonds is 7. The van der Waals surface area contributed by atoms with Crippen LogP contribution in [0.2, 0.25) is 0 Å². The third kappa shape index (κ3) is 5.68. The summed E-state index contributed by atoms with van der Waals surface area (Å²) in [6.45, 7) is 2.91. The van der Waals surface area contributed by atoms with Gasteiger partial charge in [0.15, 0.2) is 11.5 Å². The normalized spacial score (nSPS) is 14.6. The van der Waals surface area contributed by atoms with E-state index in [1.165, 1.54) is 36.8 Å². The summed E-state index contributed by atoms with van der Waals surface area (Å²) < 4.78 is 44.5. The Morgan fingerprint density at radius 1 is 1.09 bits per heavy atom. The predicted molar refractivity (Wildman–Crippen MR) is 122 cm³/mol. The SMILES string of the molecule is O=C(NCCN1CCCCC1)c1nc(-c2ccc(C(F)(F)F)cc2)oc1-c1ccccc1[N+](=O)[O-]. The molecule has 1 N–H and O–H groups in total. The molecule has 0 bridgehead atoms. The fourth-order valence-electron chi connectivity index (χ4n) is 4.00. The Kier molecular flexibility index (Phi) is 7.15. The van der Waals surface area contributed by atoms with Crippen LogP contribution in [0.5, 0.6) is 0 Å². The highest BCUT2D eigenvalue weighted by Gasteiger charge is 2.31. The first-order valence-electron chi connectivity index (χ1n) is 11.2. The smallest absolute Gasteiger partial charge is 0.416 e. The van der Waals surface area contributed by atoms with Gasteiger partial charge in [-0.05, 0) is 56.3 Å². The van der Waals surface area contributed by atoms with Crippen molar-refractivity contribution in [1.29, 1.82) is 0 Å². The Balaban J connectivity index is 1.65. The molecule has 11 heteroatoms. The van der Waals surface area contributed by atoms with E-state index in [1.807, 2.05) is 0 Å². The molecule has 0 atom stereocenters. The molecule has 0 spiro atoms. The molecule has 3 aromatic rings. The van der Waals surface area contributed by atoms with Crippen molar-refractivity contribution < 1.29 is 27.3 Å². The number of hydrogen-bond acceptors (Lipinski definition) is 6. The summed E-state index contributed by atoms with van der Waals surface area (Å²) in [7, 11) is 0. The Bertz CT molecular complexity index is 1200. The van der Waals surface area contributed by atoms with E-state index in [9.17, 15) is 28.1 Å². The number of nitrogens with zero attached hydrogens (tertiary/aromatic N) is 3. The van der Waals surface area contributed by atoms with Crippen LogP contribution in [0.15, 0.2) is 52.9 Å². The van der Waals surface area contributed by atoms with Crippen LogP contribution in [0.25, 0.3) is 22.8 Å². The molecule has 1 aliphatic rings. The van der Waals surface area contributed by atoms with Crippen molar-refractivity contribution in [3.8, 4) is 22.8 Å². The number of amides is 1. The molecule has 1 amide bonds. The standard InChI is InChI=1S/C24H23F3N4O4/c25-24(26,27)17-10-8-16(9-11-17)23-29-20(22(32)28-12-15-30-13-4-1-5-14-30)21(35-23)18-6-2-3-7-19(18)31(33)34/h2-3,6-11H,1,4-5,12-15H2,(H,28,32). The second kappa shape index (κ2) is 10.3. The molecule has 0 radical (unpaired) electrons. The van der Waals surface area contributed by atoms with Crippen LogP contribution >= 0.6 is 0 Å². The summed E-state index contributed by atoms with van der Waals surface area (Å²) in [6.07, 6.45) is -1.11. The number of likely N-dealkylation sites (tertiary alicyclic amines) is 1. The lowest BCUT2D eigenvalue weighted by atomic mass is 10.1. The molecule has 1 aromatic heterocycles. The average Bonchev–Trinajstić information content (AvgIpc) is 3.30. The average molecular weight is 488 g/mol. The highest BCUT2D eigenvalue weighted by molar-refractivity contribution is 5.99. The molecule has 0 aliphatic carbocycles. The first-order chi connectivity index (χ1) is 16.7. The van der Waals surface area contributed by atoms with Crippen molar-refractivity contribution in [3.63, 3.8) is 0 Å². The zero-order chi connectivity index (χ0) is 25.0. The maximum atomic E-state index is 13.0. The number of nitro groups is 1. The number of nitrogens with one attached hydrogen (secondary N) is 1. The lowest BCUT2D eigenvalue weighted by Crippen LogP contribution is -2.37. The van der Waals surface area contributed by atoms with E-state index in [1.54, 1.807) is 6.07 Å². The third-order valence-corrected chi connectivity index (χ3v) is 5.81. The van der Waals surface area contributed by atoms with Gasteiger partial charge in [0.1, 0.15) is 0 Å². The van der Waals surface area contributed by atoms with Gasteiger partial charge in [0.05, 0.1) is 16.1 Å². The fourth-order valence-corrected chi connectivity index (χ4v) is 4.00. The molecule has 8 nitrogen and oxygen atoms in total. The van der Waals surface area contributed by atoms with Crippen LogP contribution < -0.4 is 5.32 Å². The molecule has 35 heavy (non-hydrogen) atoms. The lowest BCUT2D eigenvalue weighted by molar-refractivity contribution is -0.384. The van der Waals surface area contributed by atoms with Crippen molar-refractivity contribution in [3.05, 3.63) is 69.9 Å². The van der Waals surface area contributed by atoms with Gasteiger partial charge < -0.3 is 14.6 Å². The van der Waals surface area contributed by atoms with Crippen molar-refractivity contribution in [1.82, 2.24) is 15.2 Å². The van der Waals surface area contributed by atoms with Crippen LogP contribution in [-0.4, -0.2) is 46.9 Å². The number of alkyl halides is 3. The highest BCUT2D eigenvalue weighted by atomic mass is 19.4. The molecule has 0 unspecified atom stereocenters. The van der Waals surface area contributed by atoms with E-state index in [0.717, 1.165) is 38.1 Å². The number of carbonyl (C=O) groups excluding carboxylic acids is 1. The predicted octanol–water partition coefficient (Wildman–Crippen LogP) is 5.15. The molecule has 4 rings (SSSR count). The number of benzene rings is 2. The fraction of sp³-hybridized carbons (Fsp3) is 0.333. The van der Waals surface area contributed by atoms with Crippen LogP contribution in [0.3, 0.4) is 0 Å². The van der Waals surface area contributed by atoms with Crippen molar-refractivity contribution in [2.45, 2.75) is 25.4 Å². The molecule has 2 aromatic carbocycles. The van der Waals surface area contributed by atoms with Crippen molar-refractivity contribution in [2.75, 3.05) is 26.2 Å². The summed E-state index contributed by atoms with van der Waals surface area (Å²) in [5.41, 5.74) is -1.06. The molecule has 184 valence electrons.